The molecule has 1 amide bonds. The van der Waals surface area contributed by atoms with Crippen LogP contribution in [0.4, 0.5) is 0 Å². The van der Waals surface area contributed by atoms with Crippen LogP contribution in [0.2, 0.25) is 0 Å². The van der Waals surface area contributed by atoms with E-state index in [9.17, 15) is 4.79 Å². The van der Waals surface area contributed by atoms with Gasteiger partial charge in [0.05, 0.1) is 36.0 Å². The number of benzene rings is 1. The van der Waals surface area contributed by atoms with E-state index >= 15 is 0 Å². The second kappa shape index (κ2) is 10.6. The molecule has 33 heavy (non-hydrogen) atoms. The van der Waals surface area contributed by atoms with Crippen LogP contribution in [0.3, 0.4) is 0 Å². The Hall–Kier alpha value is -3.22. The molecule has 7 nitrogen and oxygen atoms in total. The summed E-state index contributed by atoms with van der Waals surface area (Å²) < 4.78 is 11.1. The van der Waals surface area contributed by atoms with Gasteiger partial charge in [0.2, 0.25) is 5.91 Å². The van der Waals surface area contributed by atoms with Gasteiger partial charge in [0.25, 0.3) is 0 Å². The normalized spacial score (nSPS) is 16.1. The maximum Gasteiger partial charge on any atom is 0.227 e. The standard InChI is InChI=1S/C26H32N4O3/c1-4-8-24-27-17-21(23-15-18(3)29-33-23)26(28-24)22-9-6-7-14-30(22)25(31)16-19-10-12-20(13-11-19)32-5-2/h10-13,15,17,22H,4-9,14,16H2,1-3H3/t22-/m0/s1. The Morgan fingerprint density at radius 3 is 2.73 bits per heavy atom. The van der Waals surface area contributed by atoms with Crippen molar-refractivity contribution in [2.75, 3.05) is 13.2 Å². The molecular formula is C26H32N4O3. The van der Waals surface area contributed by atoms with Gasteiger partial charge in [0.1, 0.15) is 11.6 Å². The lowest BCUT2D eigenvalue weighted by molar-refractivity contribution is -0.134. The van der Waals surface area contributed by atoms with Crippen LogP contribution in [0, 0.1) is 6.92 Å². The van der Waals surface area contributed by atoms with Crippen LogP contribution in [0.15, 0.2) is 41.1 Å². The highest BCUT2D eigenvalue weighted by Gasteiger charge is 2.32. The van der Waals surface area contributed by atoms with Gasteiger partial charge in [-0.1, -0.05) is 24.2 Å². The topological polar surface area (TPSA) is 81.4 Å². The molecule has 0 aliphatic carbocycles. The first kappa shape index (κ1) is 23.0. The Labute approximate surface area is 195 Å². The molecule has 0 spiro atoms. The van der Waals surface area contributed by atoms with Gasteiger partial charge in [-0.05, 0) is 57.2 Å². The van der Waals surface area contributed by atoms with E-state index in [1.807, 2.05) is 55.3 Å². The molecule has 1 aromatic carbocycles. The Kier molecular flexibility index (Phi) is 7.37. The summed E-state index contributed by atoms with van der Waals surface area (Å²) in [7, 11) is 0. The molecule has 174 valence electrons. The molecular weight excluding hydrogens is 416 g/mol. The predicted octanol–water partition coefficient (Wildman–Crippen LogP) is 5.09. The highest BCUT2D eigenvalue weighted by Crippen LogP contribution is 2.36. The number of hydrogen-bond acceptors (Lipinski definition) is 6. The van der Waals surface area contributed by atoms with Crippen molar-refractivity contribution in [3.63, 3.8) is 0 Å². The van der Waals surface area contributed by atoms with Crippen molar-refractivity contribution in [3.8, 4) is 17.1 Å². The van der Waals surface area contributed by atoms with E-state index in [0.29, 0.717) is 18.8 Å². The number of amides is 1. The molecule has 0 bridgehead atoms. The molecule has 3 heterocycles. The van der Waals surface area contributed by atoms with Gasteiger partial charge in [-0.25, -0.2) is 9.97 Å². The van der Waals surface area contributed by atoms with E-state index in [1.54, 1.807) is 0 Å². The highest BCUT2D eigenvalue weighted by atomic mass is 16.5. The maximum atomic E-state index is 13.4. The summed E-state index contributed by atoms with van der Waals surface area (Å²) in [5.74, 6) is 2.38. The molecule has 0 unspecified atom stereocenters. The van der Waals surface area contributed by atoms with Crippen LogP contribution in [-0.4, -0.2) is 39.1 Å². The predicted molar refractivity (Wildman–Crippen MR) is 126 cm³/mol. The van der Waals surface area contributed by atoms with Gasteiger partial charge in [-0.3, -0.25) is 4.79 Å². The lowest BCUT2D eigenvalue weighted by atomic mass is 9.94. The van der Waals surface area contributed by atoms with Gasteiger partial charge < -0.3 is 14.2 Å². The Bertz CT molecular complexity index is 1080. The number of rotatable bonds is 8. The zero-order valence-electron chi connectivity index (χ0n) is 19.7. The van der Waals surface area contributed by atoms with Gasteiger partial charge >= 0.3 is 0 Å². The summed E-state index contributed by atoms with van der Waals surface area (Å²) in [6.07, 6.45) is 6.87. The second-order valence-electron chi connectivity index (χ2n) is 8.52. The molecule has 1 fully saturated rings. The molecule has 0 radical (unpaired) electrons. The zero-order chi connectivity index (χ0) is 23.2. The Morgan fingerprint density at radius 1 is 1.21 bits per heavy atom. The van der Waals surface area contributed by atoms with E-state index in [1.165, 1.54) is 0 Å². The minimum absolute atomic E-state index is 0.104. The molecule has 1 atom stereocenters. The minimum Gasteiger partial charge on any atom is -0.494 e. The van der Waals surface area contributed by atoms with Crippen LogP contribution in [0.1, 0.15) is 68.3 Å². The van der Waals surface area contributed by atoms with E-state index in [4.69, 9.17) is 14.2 Å². The smallest absolute Gasteiger partial charge is 0.227 e. The number of nitrogens with zero attached hydrogens (tertiary/aromatic N) is 4. The Morgan fingerprint density at radius 2 is 2.03 bits per heavy atom. The quantitative estimate of drug-likeness (QED) is 0.478. The third-order valence-electron chi connectivity index (χ3n) is 5.96. The first-order valence-corrected chi connectivity index (χ1v) is 11.9. The summed E-state index contributed by atoms with van der Waals surface area (Å²) in [6, 6.07) is 9.57. The summed E-state index contributed by atoms with van der Waals surface area (Å²) in [6.45, 7) is 7.32. The van der Waals surface area contributed by atoms with Crippen LogP contribution >= 0.6 is 0 Å². The number of likely N-dealkylation sites (tertiary alicyclic amines) is 1. The molecule has 1 saturated heterocycles. The van der Waals surface area contributed by atoms with Crippen molar-refractivity contribution in [1.29, 1.82) is 0 Å². The van der Waals surface area contributed by atoms with E-state index in [0.717, 1.165) is 72.7 Å². The monoisotopic (exact) mass is 448 g/mol. The number of aryl methyl sites for hydroxylation is 2. The lowest BCUT2D eigenvalue weighted by Gasteiger charge is -2.36. The summed E-state index contributed by atoms with van der Waals surface area (Å²) >= 11 is 0. The van der Waals surface area contributed by atoms with Crippen molar-refractivity contribution >= 4 is 5.91 Å². The van der Waals surface area contributed by atoms with Crippen molar-refractivity contribution < 1.29 is 14.1 Å². The number of aromatic nitrogens is 3. The third kappa shape index (κ3) is 5.41. The average molecular weight is 449 g/mol. The van der Waals surface area contributed by atoms with Gasteiger partial charge in [0, 0.05) is 25.2 Å². The fourth-order valence-corrected chi connectivity index (χ4v) is 4.37. The molecule has 1 aliphatic heterocycles. The summed E-state index contributed by atoms with van der Waals surface area (Å²) in [5, 5.41) is 4.05. The van der Waals surface area contributed by atoms with E-state index < -0.39 is 0 Å². The average Bonchev–Trinajstić information content (AvgIpc) is 3.27. The van der Waals surface area contributed by atoms with Crippen LogP contribution in [0.5, 0.6) is 5.75 Å². The van der Waals surface area contributed by atoms with Gasteiger partial charge in [-0.15, -0.1) is 0 Å². The number of ether oxygens (including phenoxy) is 1. The van der Waals surface area contributed by atoms with Gasteiger partial charge in [0.15, 0.2) is 5.76 Å². The molecule has 7 heteroatoms. The SMILES string of the molecule is CCCc1ncc(-c2cc(C)no2)c([C@@H]2CCCCN2C(=O)Cc2ccc(OCC)cc2)n1. The third-order valence-corrected chi connectivity index (χ3v) is 5.96. The highest BCUT2D eigenvalue weighted by molar-refractivity contribution is 5.79. The van der Waals surface area contributed by atoms with Crippen LogP contribution in [0.25, 0.3) is 11.3 Å². The molecule has 0 saturated carbocycles. The lowest BCUT2D eigenvalue weighted by Crippen LogP contribution is -2.40. The van der Waals surface area contributed by atoms with Crippen LogP contribution in [-0.2, 0) is 17.6 Å². The summed E-state index contributed by atoms with van der Waals surface area (Å²) in [4.78, 5) is 24.9. The largest absolute Gasteiger partial charge is 0.494 e. The maximum absolute atomic E-state index is 13.4. The first-order chi connectivity index (χ1) is 16.1. The van der Waals surface area contributed by atoms with E-state index in [2.05, 4.69) is 17.1 Å². The van der Waals surface area contributed by atoms with Crippen LogP contribution < -0.4 is 4.74 Å². The number of carbonyl (C=O) groups is 1. The molecule has 4 rings (SSSR count). The number of hydrogen-bond donors (Lipinski definition) is 0. The van der Waals surface area contributed by atoms with Crippen molar-refractivity contribution in [2.45, 2.75) is 65.3 Å². The second-order valence-corrected chi connectivity index (χ2v) is 8.52. The molecule has 0 N–H and O–H groups in total. The van der Waals surface area contributed by atoms with Gasteiger partial charge in [-0.2, -0.15) is 0 Å². The molecule has 3 aromatic rings. The number of carbonyl (C=O) groups excluding carboxylic acids is 1. The zero-order valence-corrected chi connectivity index (χ0v) is 19.7. The molecule has 1 aliphatic rings. The fourth-order valence-electron chi connectivity index (χ4n) is 4.37. The first-order valence-electron chi connectivity index (χ1n) is 11.9. The Balaban J connectivity index is 1.63. The van der Waals surface area contributed by atoms with Crippen molar-refractivity contribution in [1.82, 2.24) is 20.0 Å². The van der Waals surface area contributed by atoms with Crippen molar-refractivity contribution in [2.24, 2.45) is 0 Å². The summed E-state index contributed by atoms with van der Waals surface area (Å²) in [5.41, 5.74) is 3.47. The fraction of sp³-hybridized carbons (Fsp3) is 0.462. The van der Waals surface area contributed by atoms with Crippen molar-refractivity contribution in [3.05, 3.63) is 59.3 Å². The van der Waals surface area contributed by atoms with E-state index in [-0.39, 0.29) is 11.9 Å². The molecule has 2 aromatic heterocycles. The number of piperidine rings is 1. The minimum atomic E-state index is -0.104.